The molecule has 1 heterocycles. The van der Waals surface area contributed by atoms with Gasteiger partial charge in [-0.2, -0.15) is 0 Å². The summed E-state index contributed by atoms with van der Waals surface area (Å²) in [6.45, 7) is 3.42. The number of methoxy groups -OCH3 is 1. The van der Waals surface area contributed by atoms with E-state index in [-0.39, 0.29) is 0 Å². The smallest absolute Gasteiger partial charge is 0.223 e. The number of ether oxygens (including phenoxy) is 1. The van der Waals surface area contributed by atoms with Crippen LogP contribution in [0.15, 0.2) is 24.4 Å². The van der Waals surface area contributed by atoms with Crippen LogP contribution in [0.4, 0.5) is 5.95 Å². The maximum Gasteiger partial charge on any atom is 0.223 e. The summed E-state index contributed by atoms with van der Waals surface area (Å²) >= 11 is 0. The lowest BCUT2D eigenvalue weighted by Gasteiger charge is -2.05. The number of nitrogens with zero attached hydrogens (tertiary/aromatic N) is 2. The fraction of sp³-hybridized carbons (Fsp3) is 0.333. The zero-order valence-corrected chi connectivity index (χ0v) is 9.53. The van der Waals surface area contributed by atoms with E-state index in [1.165, 1.54) is 5.56 Å². The monoisotopic (exact) mass is 217 g/mol. The molecule has 1 aromatic carbocycles. The van der Waals surface area contributed by atoms with Crippen LogP contribution >= 0.6 is 0 Å². The Bertz CT molecular complexity index is 485. The fourth-order valence-electron chi connectivity index (χ4n) is 1.48. The minimum Gasteiger partial charge on any atom is -0.383 e. The summed E-state index contributed by atoms with van der Waals surface area (Å²) in [5.74, 6) is 0.648. The van der Waals surface area contributed by atoms with E-state index in [1.807, 2.05) is 12.3 Å². The normalized spacial score (nSPS) is 10.6. The van der Waals surface area contributed by atoms with Crippen LogP contribution in [0.3, 0.4) is 0 Å². The topological polar surface area (TPSA) is 47.0 Å². The quantitative estimate of drug-likeness (QED) is 0.796. The van der Waals surface area contributed by atoms with Crippen LogP contribution < -0.4 is 5.32 Å². The highest BCUT2D eigenvalue weighted by Crippen LogP contribution is 2.13. The number of anilines is 1. The first kappa shape index (κ1) is 10.8. The van der Waals surface area contributed by atoms with Crippen LogP contribution in [-0.2, 0) is 4.74 Å². The van der Waals surface area contributed by atoms with Gasteiger partial charge in [0.1, 0.15) is 0 Å². The Morgan fingerprint density at radius 3 is 3.06 bits per heavy atom. The molecule has 1 N–H and O–H groups in total. The van der Waals surface area contributed by atoms with Gasteiger partial charge in [0.2, 0.25) is 5.95 Å². The largest absolute Gasteiger partial charge is 0.383 e. The van der Waals surface area contributed by atoms with Gasteiger partial charge in [-0.15, -0.1) is 0 Å². The summed E-state index contributed by atoms with van der Waals surface area (Å²) in [7, 11) is 1.67. The third-order valence-electron chi connectivity index (χ3n) is 2.33. The maximum atomic E-state index is 4.95. The number of aryl methyl sites for hydroxylation is 1. The van der Waals surface area contributed by atoms with Crippen molar-refractivity contribution in [3.8, 4) is 0 Å². The molecule has 0 aliphatic heterocycles. The van der Waals surface area contributed by atoms with Crippen LogP contribution in [0.2, 0.25) is 0 Å². The molecule has 4 heteroatoms. The van der Waals surface area contributed by atoms with Crippen molar-refractivity contribution in [2.45, 2.75) is 6.92 Å². The van der Waals surface area contributed by atoms with Gasteiger partial charge in [0.15, 0.2) is 0 Å². The van der Waals surface area contributed by atoms with Crippen molar-refractivity contribution in [2.75, 3.05) is 25.6 Å². The van der Waals surface area contributed by atoms with E-state index >= 15 is 0 Å². The summed E-state index contributed by atoms with van der Waals surface area (Å²) in [5.41, 5.74) is 2.17. The third kappa shape index (κ3) is 2.46. The predicted molar refractivity (Wildman–Crippen MR) is 64.6 cm³/mol. The summed E-state index contributed by atoms with van der Waals surface area (Å²) in [6.07, 6.45) is 1.83. The minimum atomic E-state index is 0.648. The van der Waals surface area contributed by atoms with E-state index in [0.29, 0.717) is 19.1 Å². The van der Waals surface area contributed by atoms with Crippen LogP contribution in [0.1, 0.15) is 5.56 Å². The van der Waals surface area contributed by atoms with Crippen LogP contribution in [-0.4, -0.2) is 30.2 Å². The second-order valence-electron chi connectivity index (χ2n) is 3.68. The van der Waals surface area contributed by atoms with Gasteiger partial charge in [0, 0.05) is 25.2 Å². The molecule has 0 spiro atoms. The maximum absolute atomic E-state index is 4.95. The molecule has 4 nitrogen and oxygen atoms in total. The molecule has 84 valence electrons. The van der Waals surface area contributed by atoms with E-state index in [1.54, 1.807) is 7.11 Å². The second kappa shape index (κ2) is 4.90. The van der Waals surface area contributed by atoms with Crippen molar-refractivity contribution in [2.24, 2.45) is 0 Å². The number of benzene rings is 1. The molecule has 0 aliphatic carbocycles. The van der Waals surface area contributed by atoms with Crippen LogP contribution in [0, 0.1) is 6.92 Å². The Labute approximate surface area is 94.7 Å². The highest BCUT2D eigenvalue weighted by Gasteiger charge is 1.99. The number of rotatable bonds is 4. The molecule has 0 aliphatic rings. The van der Waals surface area contributed by atoms with Gasteiger partial charge in [0.25, 0.3) is 0 Å². The molecule has 0 unspecified atom stereocenters. The van der Waals surface area contributed by atoms with Crippen molar-refractivity contribution in [1.82, 2.24) is 9.97 Å². The number of fused-ring (bicyclic) bond motifs is 1. The van der Waals surface area contributed by atoms with Gasteiger partial charge < -0.3 is 10.1 Å². The number of hydrogen-bond donors (Lipinski definition) is 1. The SMILES string of the molecule is COCCNc1ncc2ccc(C)cc2n1. The number of nitrogens with one attached hydrogen (secondary N) is 1. The molecule has 0 fully saturated rings. The van der Waals surface area contributed by atoms with Crippen LogP contribution in [0.5, 0.6) is 0 Å². The molecule has 0 saturated carbocycles. The van der Waals surface area contributed by atoms with E-state index in [9.17, 15) is 0 Å². The van der Waals surface area contributed by atoms with E-state index in [2.05, 4.69) is 34.3 Å². The van der Waals surface area contributed by atoms with E-state index in [0.717, 1.165) is 10.9 Å². The standard InChI is InChI=1S/C12H15N3O/c1-9-3-4-10-8-14-12(13-5-6-16-2)15-11(10)7-9/h3-4,7-8H,5-6H2,1-2H3,(H,13,14,15). The Hall–Kier alpha value is -1.68. The molecule has 2 rings (SSSR count). The van der Waals surface area contributed by atoms with Gasteiger partial charge in [-0.1, -0.05) is 12.1 Å². The van der Waals surface area contributed by atoms with Crippen molar-refractivity contribution < 1.29 is 4.74 Å². The second-order valence-corrected chi connectivity index (χ2v) is 3.68. The van der Waals surface area contributed by atoms with Crippen molar-refractivity contribution in [1.29, 1.82) is 0 Å². The van der Waals surface area contributed by atoms with Gasteiger partial charge in [-0.25, -0.2) is 9.97 Å². The molecular formula is C12H15N3O. The highest BCUT2D eigenvalue weighted by molar-refractivity contribution is 5.79. The molecule has 0 bridgehead atoms. The predicted octanol–water partition coefficient (Wildman–Crippen LogP) is 2.00. The lowest BCUT2D eigenvalue weighted by Crippen LogP contribution is -2.10. The molecule has 2 aromatic rings. The Kier molecular flexibility index (Phi) is 3.31. The Morgan fingerprint density at radius 2 is 2.25 bits per heavy atom. The molecule has 1 aromatic heterocycles. The van der Waals surface area contributed by atoms with E-state index in [4.69, 9.17) is 4.74 Å². The van der Waals surface area contributed by atoms with Gasteiger partial charge >= 0.3 is 0 Å². The van der Waals surface area contributed by atoms with Crippen LogP contribution in [0.25, 0.3) is 10.9 Å². The summed E-state index contributed by atoms with van der Waals surface area (Å²) in [4.78, 5) is 8.66. The zero-order valence-electron chi connectivity index (χ0n) is 9.53. The fourth-order valence-corrected chi connectivity index (χ4v) is 1.48. The molecule has 0 saturated heterocycles. The molecule has 0 atom stereocenters. The lowest BCUT2D eigenvalue weighted by atomic mass is 10.2. The number of hydrogen-bond acceptors (Lipinski definition) is 4. The van der Waals surface area contributed by atoms with Gasteiger partial charge in [-0.3, -0.25) is 0 Å². The molecule has 0 radical (unpaired) electrons. The average Bonchev–Trinajstić information content (AvgIpc) is 2.29. The first-order valence-electron chi connectivity index (χ1n) is 5.26. The van der Waals surface area contributed by atoms with Gasteiger partial charge in [0.05, 0.1) is 12.1 Å². The lowest BCUT2D eigenvalue weighted by molar-refractivity contribution is 0.210. The Balaban J connectivity index is 2.21. The summed E-state index contributed by atoms with van der Waals surface area (Å²) < 4.78 is 4.95. The minimum absolute atomic E-state index is 0.648. The first-order valence-corrected chi connectivity index (χ1v) is 5.26. The van der Waals surface area contributed by atoms with Crippen molar-refractivity contribution in [3.63, 3.8) is 0 Å². The van der Waals surface area contributed by atoms with Crippen molar-refractivity contribution >= 4 is 16.9 Å². The number of aromatic nitrogens is 2. The molecule has 16 heavy (non-hydrogen) atoms. The van der Waals surface area contributed by atoms with Crippen molar-refractivity contribution in [3.05, 3.63) is 30.0 Å². The van der Waals surface area contributed by atoms with Gasteiger partial charge in [-0.05, 0) is 18.6 Å². The Morgan fingerprint density at radius 1 is 1.38 bits per heavy atom. The first-order chi connectivity index (χ1) is 7.79. The average molecular weight is 217 g/mol. The molecular weight excluding hydrogens is 202 g/mol. The third-order valence-corrected chi connectivity index (χ3v) is 2.33. The van der Waals surface area contributed by atoms with E-state index < -0.39 is 0 Å². The highest BCUT2D eigenvalue weighted by atomic mass is 16.5. The summed E-state index contributed by atoms with van der Waals surface area (Å²) in [5, 5.41) is 4.17. The zero-order chi connectivity index (χ0) is 11.4. The molecule has 0 amide bonds. The summed E-state index contributed by atoms with van der Waals surface area (Å²) in [6, 6.07) is 6.14.